The highest BCUT2D eigenvalue weighted by molar-refractivity contribution is 5.71. The molecule has 0 amide bonds. The molecule has 0 aliphatic rings. The predicted molar refractivity (Wildman–Crippen MR) is 270 cm³/mol. The Balaban J connectivity index is 4.25. The highest BCUT2D eigenvalue weighted by atomic mass is 16.6. The topological polar surface area (TPSA) is 78.9 Å². The molecule has 0 fully saturated rings. The summed E-state index contributed by atoms with van der Waals surface area (Å²) in [5.41, 5.74) is 0. The van der Waals surface area contributed by atoms with Gasteiger partial charge in [-0.3, -0.25) is 14.4 Å². The second-order valence-corrected chi connectivity index (χ2v) is 20.1. The van der Waals surface area contributed by atoms with Crippen LogP contribution in [-0.4, -0.2) is 37.2 Å². The lowest BCUT2D eigenvalue weighted by Crippen LogP contribution is -2.30. The Morgan fingerprint density at radius 1 is 0.302 bits per heavy atom. The molecule has 0 radical (unpaired) electrons. The van der Waals surface area contributed by atoms with E-state index in [-0.39, 0.29) is 31.1 Å². The normalized spacial score (nSPS) is 12.0. The van der Waals surface area contributed by atoms with Gasteiger partial charge in [0.05, 0.1) is 0 Å². The van der Waals surface area contributed by atoms with E-state index in [1.54, 1.807) is 0 Å². The molecule has 1 atom stereocenters. The van der Waals surface area contributed by atoms with E-state index in [1.165, 1.54) is 218 Å². The van der Waals surface area contributed by atoms with Gasteiger partial charge in [0.25, 0.3) is 0 Å². The third kappa shape index (κ3) is 51.3. The second-order valence-electron chi connectivity index (χ2n) is 20.1. The van der Waals surface area contributed by atoms with Crippen LogP contribution in [-0.2, 0) is 28.6 Å². The molecular weight excluding hydrogens is 781 g/mol. The molecule has 0 unspecified atom stereocenters. The van der Waals surface area contributed by atoms with Gasteiger partial charge in [0, 0.05) is 19.3 Å². The van der Waals surface area contributed by atoms with Crippen LogP contribution in [0.25, 0.3) is 0 Å². The summed E-state index contributed by atoms with van der Waals surface area (Å²) in [5, 5.41) is 0. The number of rotatable bonds is 52. The number of hydrogen-bond donors (Lipinski definition) is 0. The first-order valence-corrected chi connectivity index (χ1v) is 28.4. The van der Waals surface area contributed by atoms with Crippen LogP contribution in [0.2, 0.25) is 0 Å². The Morgan fingerprint density at radius 3 is 0.778 bits per heavy atom. The van der Waals surface area contributed by atoms with Crippen LogP contribution in [0, 0.1) is 5.92 Å². The summed E-state index contributed by atoms with van der Waals surface area (Å²) in [4.78, 5) is 38.1. The van der Waals surface area contributed by atoms with Gasteiger partial charge in [-0.25, -0.2) is 0 Å². The van der Waals surface area contributed by atoms with E-state index in [9.17, 15) is 14.4 Å². The number of carbonyl (C=O) groups is 3. The van der Waals surface area contributed by atoms with Crippen LogP contribution in [0.1, 0.15) is 323 Å². The zero-order chi connectivity index (χ0) is 45.9. The summed E-state index contributed by atoms with van der Waals surface area (Å²) in [5.74, 6) is 0.0162. The summed E-state index contributed by atoms with van der Waals surface area (Å²) < 4.78 is 16.9. The quantitative estimate of drug-likeness (QED) is 0.0344. The van der Waals surface area contributed by atoms with Crippen molar-refractivity contribution in [2.24, 2.45) is 5.92 Å². The van der Waals surface area contributed by atoms with Gasteiger partial charge in [0.1, 0.15) is 13.2 Å². The zero-order valence-electron chi connectivity index (χ0n) is 43.0. The molecule has 0 aromatic rings. The predicted octanol–water partition coefficient (Wildman–Crippen LogP) is 18.6. The van der Waals surface area contributed by atoms with Gasteiger partial charge in [0.15, 0.2) is 6.10 Å². The second kappa shape index (κ2) is 51.4. The van der Waals surface area contributed by atoms with Crippen LogP contribution >= 0.6 is 0 Å². The van der Waals surface area contributed by atoms with Gasteiger partial charge in [0.2, 0.25) is 0 Å². The molecule has 0 heterocycles. The minimum Gasteiger partial charge on any atom is -0.462 e. The summed E-state index contributed by atoms with van der Waals surface area (Å²) in [6.07, 6.45) is 55.2. The monoisotopic (exact) mass is 891 g/mol. The Labute approximate surface area is 393 Å². The van der Waals surface area contributed by atoms with E-state index in [2.05, 4.69) is 27.7 Å². The highest BCUT2D eigenvalue weighted by Crippen LogP contribution is 2.18. The van der Waals surface area contributed by atoms with Crippen molar-refractivity contribution in [1.82, 2.24) is 0 Å². The average Bonchev–Trinajstić information content (AvgIpc) is 3.27. The van der Waals surface area contributed by atoms with Crippen molar-refractivity contribution in [3.05, 3.63) is 0 Å². The van der Waals surface area contributed by atoms with Crippen molar-refractivity contribution >= 4 is 17.9 Å². The molecule has 0 aromatic carbocycles. The number of carbonyl (C=O) groups excluding carboxylic acids is 3. The van der Waals surface area contributed by atoms with Gasteiger partial charge >= 0.3 is 17.9 Å². The fraction of sp³-hybridized carbons (Fsp3) is 0.947. The molecule has 0 spiro atoms. The maximum absolute atomic E-state index is 12.8. The minimum atomic E-state index is -0.761. The van der Waals surface area contributed by atoms with Crippen LogP contribution < -0.4 is 0 Å². The first-order valence-electron chi connectivity index (χ1n) is 28.4. The molecule has 0 aliphatic heterocycles. The SMILES string of the molecule is CCCCCCCCCCCCCCCCC(=O)O[C@@H](COC(=O)CCCCCCCCCCCCCC)COC(=O)CCCCCCCCCCCCCCCCCCC(C)C. The summed E-state index contributed by atoms with van der Waals surface area (Å²) in [6, 6.07) is 0. The molecule has 6 nitrogen and oxygen atoms in total. The smallest absolute Gasteiger partial charge is 0.306 e. The summed E-state index contributed by atoms with van der Waals surface area (Å²) >= 11 is 0. The molecule has 6 heteroatoms. The van der Waals surface area contributed by atoms with E-state index < -0.39 is 6.10 Å². The molecule has 0 bridgehead atoms. The minimum absolute atomic E-state index is 0.0619. The van der Waals surface area contributed by atoms with Crippen LogP contribution in [0.15, 0.2) is 0 Å². The van der Waals surface area contributed by atoms with Gasteiger partial charge in [-0.1, -0.05) is 285 Å². The zero-order valence-corrected chi connectivity index (χ0v) is 43.0. The van der Waals surface area contributed by atoms with E-state index >= 15 is 0 Å². The maximum atomic E-state index is 12.8. The lowest BCUT2D eigenvalue weighted by molar-refractivity contribution is -0.167. The molecule has 0 aliphatic carbocycles. The average molecular weight is 892 g/mol. The Morgan fingerprint density at radius 2 is 0.524 bits per heavy atom. The Kier molecular flexibility index (Phi) is 50.1. The first-order chi connectivity index (χ1) is 30.9. The lowest BCUT2D eigenvalue weighted by Gasteiger charge is -2.18. The van der Waals surface area contributed by atoms with Crippen molar-refractivity contribution < 1.29 is 28.6 Å². The van der Waals surface area contributed by atoms with E-state index in [0.29, 0.717) is 19.3 Å². The largest absolute Gasteiger partial charge is 0.462 e. The van der Waals surface area contributed by atoms with E-state index in [0.717, 1.165) is 63.7 Å². The van der Waals surface area contributed by atoms with Crippen molar-refractivity contribution in [2.75, 3.05) is 13.2 Å². The lowest BCUT2D eigenvalue weighted by atomic mass is 10.0. The molecular formula is C57H110O6. The maximum Gasteiger partial charge on any atom is 0.306 e. The number of unbranched alkanes of at least 4 members (excludes halogenated alkanes) is 39. The summed E-state index contributed by atoms with van der Waals surface area (Å²) in [7, 11) is 0. The van der Waals surface area contributed by atoms with Gasteiger partial charge < -0.3 is 14.2 Å². The molecule has 0 aromatic heterocycles. The standard InChI is InChI=1S/C57H110O6/c1-5-7-9-11-13-15-17-19-25-30-34-38-42-46-50-57(60)63-54(51-61-55(58)48-44-40-36-32-28-18-16-14-12-10-8-6-2)52-62-56(59)49-45-41-37-33-29-26-23-21-20-22-24-27-31-35-39-43-47-53(3)4/h53-54H,5-52H2,1-4H3/t54-/m0/s1. The van der Waals surface area contributed by atoms with Crippen molar-refractivity contribution in [3.63, 3.8) is 0 Å². The number of hydrogen-bond acceptors (Lipinski definition) is 6. The number of ether oxygens (including phenoxy) is 3. The first kappa shape index (κ1) is 61.4. The summed E-state index contributed by atoms with van der Waals surface area (Å²) in [6.45, 7) is 9.06. The molecule has 0 rings (SSSR count). The molecule has 0 saturated heterocycles. The Bertz CT molecular complexity index is 949. The third-order valence-corrected chi connectivity index (χ3v) is 13.0. The van der Waals surface area contributed by atoms with Gasteiger partial charge in [-0.15, -0.1) is 0 Å². The molecule has 0 N–H and O–H groups in total. The van der Waals surface area contributed by atoms with Crippen LogP contribution in [0.4, 0.5) is 0 Å². The van der Waals surface area contributed by atoms with E-state index in [1.807, 2.05) is 0 Å². The van der Waals surface area contributed by atoms with Crippen molar-refractivity contribution in [1.29, 1.82) is 0 Å². The highest BCUT2D eigenvalue weighted by Gasteiger charge is 2.19. The molecule has 63 heavy (non-hydrogen) atoms. The third-order valence-electron chi connectivity index (χ3n) is 13.0. The van der Waals surface area contributed by atoms with Gasteiger partial charge in [-0.05, 0) is 25.2 Å². The van der Waals surface area contributed by atoms with Crippen LogP contribution in [0.5, 0.6) is 0 Å². The van der Waals surface area contributed by atoms with Gasteiger partial charge in [-0.2, -0.15) is 0 Å². The molecule has 0 saturated carbocycles. The fourth-order valence-corrected chi connectivity index (χ4v) is 8.75. The Hall–Kier alpha value is -1.59. The van der Waals surface area contributed by atoms with Crippen molar-refractivity contribution in [3.8, 4) is 0 Å². The van der Waals surface area contributed by atoms with Crippen LogP contribution in [0.3, 0.4) is 0 Å². The van der Waals surface area contributed by atoms with Crippen molar-refractivity contribution in [2.45, 2.75) is 329 Å². The fourth-order valence-electron chi connectivity index (χ4n) is 8.75. The van der Waals surface area contributed by atoms with E-state index in [4.69, 9.17) is 14.2 Å². The molecule has 374 valence electrons. The number of esters is 3.